The first-order chi connectivity index (χ1) is 10.2. The van der Waals surface area contributed by atoms with Crippen molar-refractivity contribution in [1.82, 2.24) is 10.3 Å². The Balaban J connectivity index is 1.54. The van der Waals surface area contributed by atoms with Gasteiger partial charge in [0.05, 0.1) is 5.56 Å². The Bertz CT molecular complexity index is 658. The summed E-state index contributed by atoms with van der Waals surface area (Å²) in [4.78, 5) is 27.6. The number of fused-ring (bicyclic) bond motifs is 1. The summed E-state index contributed by atoms with van der Waals surface area (Å²) < 4.78 is 10.1. The molecule has 0 saturated heterocycles. The van der Waals surface area contributed by atoms with Gasteiger partial charge >= 0.3 is 5.97 Å². The van der Waals surface area contributed by atoms with Crippen molar-refractivity contribution in [2.24, 2.45) is 0 Å². The number of aromatic nitrogens is 1. The Morgan fingerprint density at radius 1 is 1.33 bits per heavy atom. The van der Waals surface area contributed by atoms with Crippen LogP contribution >= 0.6 is 0 Å². The lowest BCUT2D eigenvalue weighted by molar-refractivity contribution is -0.124. The van der Waals surface area contributed by atoms with Crippen molar-refractivity contribution in [3.05, 3.63) is 30.2 Å². The number of esters is 1. The van der Waals surface area contributed by atoms with Gasteiger partial charge in [0.1, 0.15) is 5.52 Å². The largest absolute Gasteiger partial charge is 0.452 e. The van der Waals surface area contributed by atoms with Gasteiger partial charge in [-0.05, 0) is 31.0 Å². The molecular formula is C15H16N2O4. The Hall–Kier alpha value is -2.37. The number of hydrogen-bond donors (Lipinski definition) is 1. The summed E-state index contributed by atoms with van der Waals surface area (Å²) in [5.74, 6) is -0.792. The van der Waals surface area contributed by atoms with E-state index < -0.39 is 5.97 Å². The number of nitrogens with one attached hydrogen (secondary N) is 1. The molecule has 3 rings (SSSR count). The third-order valence-electron chi connectivity index (χ3n) is 3.62. The molecule has 6 heteroatoms. The Morgan fingerprint density at radius 3 is 2.95 bits per heavy atom. The predicted molar refractivity (Wildman–Crippen MR) is 74.7 cm³/mol. The Morgan fingerprint density at radius 2 is 2.14 bits per heavy atom. The number of carbonyl (C=O) groups is 2. The van der Waals surface area contributed by atoms with E-state index in [1.165, 1.54) is 6.39 Å². The fraction of sp³-hybridized carbons (Fsp3) is 0.400. The molecule has 0 aliphatic heterocycles. The summed E-state index contributed by atoms with van der Waals surface area (Å²) in [6, 6.07) is 5.04. The Kier molecular flexibility index (Phi) is 3.85. The van der Waals surface area contributed by atoms with Crippen molar-refractivity contribution < 1.29 is 18.7 Å². The molecule has 110 valence electrons. The van der Waals surface area contributed by atoms with E-state index >= 15 is 0 Å². The van der Waals surface area contributed by atoms with E-state index in [1.807, 2.05) is 0 Å². The average molecular weight is 288 g/mol. The summed E-state index contributed by atoms with van der Waals surface area (Å²) in [6.45, 7) is -0.258. The van der Waals surface area contributed by atoms with Gasteiger partial charge in [-0.3, -0.25) is 4.79 Å². The van der Waals surface area contributed by atoms with Gasteiger partial charge in [0.2, 0.25) is 0 Å². The monoisotopic (exact) mass is 288 g/mol. The molecule has 0 spiro atoms. The number of amides is 1. The lowest BCUT2D eigenvalue weighted by atomic mass is 10.2. The quantitative estimate of drug-likeness (QED) is 0.871. The number of oxazole rings is 1. The molecule has 1 aromatic heterocycles. The number of benzene rings is 1. The fourth-order valence-electron chi connectivity index (χ4n) is 2.54. The summed E-state index contributed by atoms with van der Waals surface area (Å²) in [7, 11) is 0. The minimum Gasteiger partial charge on any atom is -0.452 e. The number of ether oxygens (including phenoxy) is 1. The molecule has 0 atom stereocenters. The van der Waals surface area contributed by atoms with E-state index in [0.29, 0.717) is 16.7 Å². The van der Waals surface area contributed by atoms with Crippen LogP contribution in [0, 0.1) is 0 Å². The highest BCUT2D eigenvalue weighted by Crippen LogP contribution is 2.17. The van der Waals surface area contributed by atoms with E-state index in [-0.39, 0.29) is 18.6 Å². The van der Waals surface area contributed by atoms with Crippen LogP contribution in [0.4, 0.5) is 0 Å². The smallest absolute Gasteiger partial charge is 0.338 e. The normalized spacial score (nSPS) is 15.2. The van der Waals surface area contributed by atoms with Crippen molar-refractivity contribution in [3.8, 4) is 0 Å². The number of nitrogens with zero attached hydrogens (tertiary/aromatic N) is 1. The van der Waals surface area contributed by atoms with E-state index in [9.17, 15) is 9.59 Å². The molecular weight excluding hydrogens is 272 g/mol. The molecule has 1 heterocycles. The summed E-state index contributed by atoms with van der Waals surface area (Å²) >= 11 is 0. The van der Waals surface area contributed by atoms with Gasteiger partial charge in [0.15, 0.2) is 18.6 Å². The van der Waals surface area contributed by atoms with Gasteiger partial charge in [-0.25, -0.2) is 9.78 Å². The SMILES string of the molecule is O=C(COC(=O)c1ccc2ocnc2c1)NC1CCCC1. The first kappa shape index (κ1) is 13.6. The van der Waals surface area contributed by atoms with Crippen molar-refractivity contribution in [2.75, 3.05) is 6.61 Å². The first-order valence-corrected chi connectivity index (χ1v) is 7.02. The van der Waals surface area contributed by atoms with E-state index in [0.717, 1.165) is 25.7 Å². The van der Waals surface area contributed by atoms with Crippen LogP contribution in [-0.4, -0.2) is 29.5 Å². The first-order valence-electron chi connectivity index (χ1n) is 7.02. The maximum Gasteiger partial charge on any atom is 0.338 e. The number of carbonyl (C=O) groups excluding carboxylic acids is 2. The molecule has 0 bridgehead atoms. The molecule has 1 amide bonds. The van der Waals surface area contributed by atoms with Crippen LogP contribution in [0.1, 0.15) is 36.0 Å². The summed E-state index contributed by atoms with van der Waals surface area (Å²) in [6.07, 6.45) is 5.60. The van der Waals surface area contributed by atoms with Crippen LogP contribution in [0.3, 0.4) is 0 Å². The molecule has 0 unspecified atom stereocenters. The van der Waals surface area contributed by atoms with Crippen LogP contribution in [-0.2, 0) is 9.53 Å². The lowest BCUT2D eigenvalue weighted by Gasteiger charge is -2.11. The van der Waals surface area contributed by atoms with Crippen LogP contribution < -0.4 is 5.32 Å². The zero-order chi connectivity index (χ0) is 14.7. The minimum atomic E-state index is -0.540. The Labute approximate surface area is 121 Å². The molecule has 1 aliphatic carbocycles. The highest BCUT2D eigenvalue weighted by atomic mass is 16.5. The highest BCUT2D eigenvalue weighted by molar-refractivity contribution is 5.94. The van der Waals surface area contributed by atoms with Crippen LogP contribution in [0.2, 0.25) is 0 Å². The molecule has 1 N–H and O–H groups in total. The lowest BCUT2D eigenvalue weighted by Crippen LogP contribution is -2.35. The van der Waals surface area contributed by atoms with Crippen molar-refractivity contribution in [3.63, 3.8) is 0 Å². The topological polar surface area (TPSA) is 81.4 Å². The minimum absolute atomic E-state index is 0.225. The van der Waals surface area contributed by atoms with Gasteiger partial charge in [0.25, 0.3) is 5.91 Å². The third-order valence-corrected chi connectivity index (χ3v) is 3.62. The summed E-state index contributed by atoms with van der Waals surface area (Å²) in [5.41, 5.74) is 1.54. The molecule has 0 radical (unpaired) electrons. The predicted octanol–water partition coefficient (Wildman–Crippen LogP) is 2.04. The van der Waals surface area contributed by atoms with Crippen molar-refractivity contribution in [2.45, 2.75) is 31.7 Å². The molecule has 2 aromatic rings. The summed E-state index contributed by atoms with van der Waals surface area (Å²) in [5, 5.41) is 2.87. The zero-order valence-electron chi connectivity index (χ0n) is 11.5. The van der Waals surface area contributed by atoms with E-state index in [2.05, 4.69) is 10.3 Å². The maximum absolute atomic E-state index is 11.9. The molecule has 1 saturated carbocycles. The molecule has 1 aliphatic rings. The third kappa shape index (κ3) is 3.21. The van der Waals surface area contributed by atoms with Gasteiger partial charge in [-0.15, -0.1) is 0 Å². The molecule has 1 fully saturated rings. The van der Waals surface area contributed by atoms with Crippen LogP contribution in [0.25, 0.3) is 11.1 Å². The van der Waals surface area contributed by atoms with Gasteiger partial charge in [0, 0.05) is 6.04 Å². The maximum atomic E-state index is 11.9. The zero-order valence-corrected chi connectivity index (χ0v) is 11.5. The van der Waals surface area contributed by atoms with Gasteiger partial charge in [-0.2, -0.15) is 0 Å². The van der Waals surface area contributed by atoms with E-state index in [1.54, 1.807) is 18.2 Å². The fourth-order valence-corrected chi connectivity index (χ4v) is 2.54. The number of rotatable bonds is 4. The van der Waals surface area contributed by atoms with Crippen LogP contribution in [0.15, 0.2) is 29.0 Å². The number of hydrogen-bond acceptors (Lipinski definition) is 5. The van der Waals surface area contributed by atoms with E-state index in [4.69, 9.17) is 9.15 Å². The van der Waals surface area contributed by atoms with Crippen LogP contribution in [0.5, 0.6) is 0 Å². The standard InChI is InChI=1S/C15H16N2O4/c18-14(17-11-3-1-2-4-11)8-20-15(19)10-5-6-13-12(7-10)16-9-21-13/h5-7,9,11H,1-4,8H2,(H,17,18). The second-order valence-corrected chi connectivity index (χ2v) is 5.16. The van der Waals surface area contributed by atoms with Crippen molar-refractivity contribution >= 4 is 23.0 Å². The molecule has 6 nitrogen and oxygen atoms in total. The second-order valence-electron chi connectivity index (χ2n) is 5.16. The molecule has 21 heavy (non-hydrogen) atoms. The second kappa shape index (κ2) is 5.95. The van der Waals surface area contributed by atoms with Gasteiger partial charge in [-0.1, -0.05) is 12.8 Å². The van der Waals surface area contributed by atoms with Crippen molar-refractivity contribution in [1.29, 1.82) is 0 Å². The highest BCUT2D eigenvalue weighted by Gasteiger charge is 2.18. The van der Waals surface area contributed by atoms with Gasteiger partial charge < -0.3 is 14.5 Å². The average Bonchev–Trinajstić information content (AvgIpc) is 3.14. The molecule has 1 aromatic carbocycles.